The van der Waals surface area contributed by atoms with Crippen LogP contribution in [0.4, 0.5) is 5.69 Å². The lowest BCUT2D eigenvalue weighted by Gasteiger charge is -2.19. The minimum Gasteiger partial charge on any atom is -0.483 e. The van der Waals surface area contributed by atoms with E-state index in [2.05, 4.69) is 0 Å². The van der Waals surface area contributed by atoms with Gasteiger partial charge in [0.2, 0.25) is 0 Å². The monoisotopic (exact) mass is 394 g/mol. The van der Waals surface area contributed by atoms with E-state index < -0.39 is 5.63 Å². The van der Waals surface area contributed by atoms with Crippen molar-refractivity contribution in [1.29, 1.82) is 0 Å². The van der Waals surface area contributed by atoms with Gasteiger partial charge < -0.3 is 19.0 Å². The standard InChI is InChI=1S/C23H26N2O4/c1-15-12-22(27)29-23-16(2)20(11-10-19(15)23)28-14-21(26)25(5)13-17-6-8-18(9-7-17)24(3)4/h6-12H,13-14H2,1-5H3. The van der Waals surface area contributed by atoms with E-state index in [1.165, 1.54) is 6.07 Å². The number of hydrogen-bond donors (Lipinski definition) is 0. The fourth-order valence-electron chi connectivity index (χ4n) is 3.17. The molecule has 0 saturated heterocycles. The number of nitrogens with zero attached hydrogens (tertiary/aromatic N) is 2. The summed E-state index contributed by atoms with van der Waals surface area (Å²) in [5, 5.41) is 0.860. The summed E-state index contributed by atoms with van der Waals surface area (Å²) in [6, 6.07) is 13.2. The molecule has 3 rings (SSSR count). The topological polar surface area (TPSA) is 63.0 Å². The number of fused-ring (bicyclic) bond motifs is 1. The fourth-order valence-corrected chi connectivity index (χ4v) is 3.17. The zero-order chi connectivity index (χ0) is 21.1. The maximum Gasteiger partial charge on any atom is 0.336 e. The first-order valence-electron chi connectivity index (χ1n) is 9.43. The Morgan fingerprint density at radius 1 is 1.03 bits per heavy atom. The third-order valence-corrected chi connectivity index (χ3v) is 4.97. The third-order valence-electron chi connectivity index (χ3n) is 4.97. The molecule has 6 heteroatoms. The van der Waals surface area contributed by atoms with Gasteiger partial charge in [-0.25, -0.2) is 4.79 Å². The van der Waals surface area contributed by atoms with Crippen LogP contribution in [0.25, 0.3) is 11.0 Å². The van der Waals surface area contributed by atoms with Crippen LogP contribution in [0.5, 0.6) is 5.75 Å². The summed E-state index contributed by atoms with van der Waals surface area (Å²) in [4.78, 5) is 27.8. The van der Waals surface area contributed by atoms with E-state index in [9.17, 15) is 9.59 Å². The van der Waals surface area contributed by atoms with Gasteiger partial charge in [0, 0.05) is 50.4 Å². The average Bonchev–Trinajstić information content (AvgIpc) is 2.68. The number of anilines is 1. The summed E-state index contributed by atoms with van der Waals surface area (Å²) >= 11 is 0. The van der Waals surface area contributed by atoms with E-state index >= 15 is 0 Å². The van der Waals surface area contributed by atoms with Gasteiger partial charge in [0.15, 0.2) is 6.61 Å². The largest absolute Gasteiger partial charge is 0.483 e. The lowest BCUT2D eigenvalue weighted by atomic mass is 10.1. The van der Waals surface area contributed by atoms with Crippen molar-refractivity contribution in [3.8, 4) is 5.75 Å². The molecule has 0 radical (unpaired) electrons. The summed E-state index contributed by atoms with van der Waals surface area (Å²) in [5.41, 5.74) is 3.81. The first-order valence-corrected chi connectivity index (χ1v) is 9.43. The van der Waals surface area contributed by atoms with Crippen LogP contribution >= 0.6 is 0 Å². The van der Waals surface area contributed by atoms with E-state index in [1.807, 2.05) is 63.2 Å². The normalized spacial score (nSPS) is 10.8. The van der Waals surface area contributed by atoms with Crippen LogP contribution in [0.2, 0.25) is 0 Å². The highest BCUT2D eigenvalue weighted by atomic mass is 16.5. The number of benzene rings is 2. The zero-order valence-electron chi connectivity index (χ0n) is 17.5. The molecule has 3 aromatic rings. The third kappa shape index (κ3) is 4.59. The molecule has 1 amide bonds. The molecule has 0 unspecified atom stereocenters. The van der Waals surface area contributed by atoms with Crippen molar-refractivity contribution in [2.45, 2.75) is 20.4 Å². The lowest BCUT2D eigenvalue weighted by Crippen LogP contribution is -2.31. The van der Waals surface area contributed by atoms with E-state index in [4.69, 9.17) is 9.15 Å². The Labute approximate surface area is 170 Å². The molecule has 0 bridgehead atoms. The van der Waals surface area contributed by atoms with Crippen molar-refractivity contribution in [2.24, 2.45) is 0 Å². The van der Waals surface area contributed by atoms with Gasteiger partial charge in [-0.2, -0.15) is 0 Å². The highest BCUT2D eigenvalue weighted by Crippen LogP contribution is 2.28. The van der Waals surface area contributed by atoms with Gasteiger partial charge in [-0.3, -0.25) is 4.79 Å². The molecule has 0 spiro atoms. The van der Waals surface area contributed by atoms with Gasteiger partial charge in [-0.1, -0.05) is 12.1 Å². The minimum absolute atomic E-state index is 0.0886. The Morgan fingerprint density at radius 2 is 1.72 bits per heavy atom. The summed E-state index contributed by atoms with van der Waals surface area (Å²) in [5.74, 6) is 0.398. The molecule has 0 fully saturated rings. The lowest BCUT2D eigenvalue weighted by molar-refractivity contribution is -0.132. The van der Waals surface area contributed by atoms with Gasteiger partial charge in [0.1, 0.15) is 11.3 Å². The quantitative estimate of drug-likeness (QED) is 0.599. The van der Waals surface area contributed by atoms with Crippen LogP contribution in [-0.4, -0.2) is 38.6 Å². The Balaban J connectivity index is 1.67. The van der Waals surface area contributed by atoms with Crippen molar-refractivity contribution in [2.75, 3.05) is 32.6 Å². The predicted molar refractivity (Wildman–Crippen MR) is 115 cm³/mol. The second-order valence-electron chi connectivity index (χ2n) is 7.41. The SMILES string of the molecule is Cc1cc(=O)oc2c(C)c(OCC(=O)N(C)Cc3ccc(N(C)C)cc3)ccc12. The molecule has 6 nitrogen and oxygen atoms in total. The molecule has 0 aliphatic heterocycles. The fraction of sp³-hybridized carbons (Fsp3) is 0.304. The number of carbonyl (C=O) groups excluding carboxylic acids is 1. The Hall–Kier alpha value is -3.28. The van der Waals surface area contributed by atoms with Crippen molar-refractivity contribution in [3.05, 3.63) is 69.6 Å². The molecule has 1 heterocycles. The van der Waals surface area contributed by atoms with Crippen LogP contribution in [0, 0.1) is 13.8 Å². The van der Waals surface area contributed by atoms with Crippen molar-refractivity contribution in [3.63, 3.8) is 0 Å². The van der Waals surface area contributed by atoms with E-state index in [1.54, 1.807) is 18.0 Å². The van der Waals surface area contributed by atoms with Gasteiger partial charge in [-0.05, 0) is 49.2 Å². The van der Waals surface area contributed by atoms with Crippen LogP contribution in [0.1, 0.15) is 16.7 Å². The molecule has 0 aliphatic rings. The summed E-state index contributed by atoms with van der Waals surface area (Å²) in [6.07, 6.45) is 0. The second-order valence-corrected chi connectivity index (χ2v) is 7.41. The minimum atomic E-state index is -0.397. The van der Waals surface area contributed by atoms with Gasteiger partial charge in [0.25, 0.3) is 5.91 Å². The van der Waals surface area contributed by atoms with Crippen molar-refractivity contribution >= 4 is 22.6 Å². The Kier molecular flexibility index (Phi) is 5.92. The van der Waals surface area contributed by atoms with E-state index in [0.29, 0.717) is 23.4 Å². The molecular formula is C23H26N2O4. The van der Waals surface area contributed by atoms with Gasteiger partial charge >= 0.3 is 5.63 Å². The number of ether oxygens (including phenoxy) is 1. The maximum atomic E-state index is 12.5. The Morgan fingerprint density at radius 3 is 2.38 bits per heavy atom. The molecule has 0 saturated carbocycles. The maximum absolute atomic E-state index is 12.5. The number of carbonyl (C=O) groups is 1. The van der Waals surface area contributed by atoms with Crippen molar-refractivity contribution < 1.29 is 13.9 Å². The van der Waals surface area contributed by atoms with E-state index in [0.717, 1.165) is 22.2 Å². The van der Waals surface area contributed by atoms with Crippen LogP contribution in [0.15, 0.2) is 51.7 Å². The molecule has 1 aromatic heterocycles. The number of likely N-dealkylation sites (N-methyl/N-ethyl adjacent to an activating group) is 1. The predicted octanol–water partition coefficient (Wildman–Crippen LogP) is 3.51. The molecule has 2 aromatic carbocycles. The summed E-state index contributed by atoms with van der Waals surface area (Å²) in [6.45, 7) is 4.10. The molecule has 0 atom stereocenters. The highest BCUT2D eigenvalue weighted by molar-refractivity contribution is 5.85. The average molecular weight is 394 g/mol. The Bertz CT molecular complexity index is 1080. The first-order chi connectivity index (χ1) is 13.8. The smallest absolute Gasteiger partial charge is 0.336 e. The van der Waals surface area contributed by atoms with Gasteiger partial charge in [0.05, 0.1) is 0 Å². The second kappa shape index (κ2) is 8.39. The molecule has 0 aliphatic carbocycles. The van der Waals surface area contributed by atoms with Crippen LogP contribution in [0.3, 0.4) is 0 Å². The number of amides is 1. The number of aryl methyl sites for hydroxylation is 2. The van der Waals surface area contributed by atoms with Crippen molar-refractivity contribution in [1.82, 2.24) is 4.90 Å². The number of rotatable bonds is 6. The molecule has 0 N–H and O–H groups in total. The highest BCUT2D eigenvalue weighted by Gasteiger charge is 2.14. The van der Waals surface area contributed by atoms with Crippen LogP contribution in [-0.2, 0) is 11.3 Å². The number of hydrogen-bond acceptors (Lipinski definition) is 5. The summed E-state index contributed by atoms with van der Waals surface area (Å²) < 4.78 is 11.1. The molecular weight excluding hydrogens is 368 g/mol. The molecule has 152 valence electrons. The van der Waals surface area contributed by atoms with Gasteiger partial charge in [-0.15, -0.1) is 0 Å². The van der Waals surface area contributed by atoms with E-state index in [-0.39, 0.29) is 12.5 Å². The molecule has 29 heavy (non-hydrogen) atoms. The van der Waals surface area contributed by atoms with Crippen LogP contribution < -0.4 is 15.3 Å². The first kappa shape index (κ1) is 20.5. The zero-order valence-corrected chi connectivity index (χ0v) is 17.5. The summed E-state index contributed by atoms with van der Waals surface area (Å²) in [7, 11) is 5.73.